The monoisotopic (exact) mass is 311 g/mol. The molecule has 1 aliphatic heterocycles. The smallest absolute Gasteiger partial charge is 0.190 e. The maximum Gasteiger partial charge on any atom is 0.190 e. The zero-order valence-corrected chi connectivity index (χ0v) is 14.0. The molecule has 0 bridgehead atoms. The second-order valence-corrected chi connectivity index (χ2v) is 6.11. The van der Waals surface area contributed by atoms with Crippen molar-refractivity contribution < 1.29 is 0 Å². The molecule has 0 aromatic heterocycles. The van der Waals surface area contributed by atoms with Crippen LogP contribution in [0.15, 0.2) is 48.5 Å². The molecule has 1 saturated heterocycles. The van der Waals surface area contributed by atoms with Crippen LogP contribution in [0.1, 0.15) is 30.0 Å². The summed E-state index contributed by atoms with van der Waals surface area (Å²) in [7, 11) is 0. The van der Waals surface area contributed by atoms with E-state index in [1.54, 1.807) is 0 Å². The van der Waals surface area contributed by atoms with E-state index in [0.717, 1.165) is 12.1 Å². The molecule has 0 unspecified atom stereocenters. The third kappa shape index (κ3) is 2.38. The summed E-state index contributed by atoms with van der Waals surface area (Å²) < 4.78 is 0. The number of hydrogen-bond donors (Lipinski definition) is 2. The van der Waals surface area contributed by atoms with E-state index in [1.165, 1.54) is 16.7 Å². The highest BCUT2D eigenvalue weighted by Crippen LogP contribution is 2.31. The first-order chi connectivity index (χ1) is 10.6. The molecule has 1 heterocycles. The number of nitrogens with one attached hydrogen (secondary N) is 2. The number of thiocarbonyl (C=S) groups is 1. The molecule has 3 nitrogen and oxygen atoms in total. The number of hydrazine groups is 1. The molecular weight excluding hydrogens is 290 g/mol. The lowest BCUT2D eigenvalue weighted by Gasteiger charge is -2.29. The number of nitrogens with zero attached hydrogens (tertiary/aromatic N) is 1. The molecule has 1 fully saturated rings. The van der Waals surface area contributed by atoms with E-state index in [1.807, 2.05) is 11.1 Å². The van der Waals surface area contributed by atoms with Gasteiger partial charge in [0.25, 0.3) is 0 Å². The van der Waals surface area contributed by atoms with Gasteiger partial charge in [-0.05, 0) is 55.2 Å². The van der Waals surface area contributed by atoms with Gasteiger partial charge in [0.15, 0.2) is 5.11 Å². The molecule has 0 spiro atoms. The molecule has 2 N–H and O–H groups in total. The second-order valence-electron chi connectivity index (χ2n) is 5.72. The topological polar surface area (TPSA) is 27.3 Å². The Morgan fingerprint density at radius 1 is 1.05 bits per heavy atom. The largest absolute Gasteiger partial charge is 0.338 e. The Kier molecular flexibility index (Phi) is 3.89. The molecule has 22 heavy (non-hydrogen) atoms. The lowest BCUT2D eigenvalue weighted by Crippen LogP contribution is -2.48. The van der Waals surface area contributed by atoms with Gasteiger partial charge in [-0.1, -0.05) is 49.4 Å². The summed E-state index contributed by atoms with van der Waals surface area (Å²) in [5, 5.41) is 6.18. The quantitative estimate of drug-likeness (QED) is 0.844. The Bertz CT molecular complexity index is 699. The average molecular weight is 311 g/mol. The van der Waals surface area contributed by atoms with Crippen molar-refractivity contribution in [3.05, 3.63) is 65.2 Å². The third-order valence-corrected chi connectivity index (χ3v) is 4.72. The summed E-state index contributed by atoms with van der Waals surface area (Å²) in [6.45, 7) is 6.40. The number of rotatable bonds is 3. The fraction of sp³-hybridized carbons (Fsp3) is 0.278. The van der Waals surface area contributed by atoms with Gasteiger partial charge in [0.05, 0.1) is 5.69 Å². The number of hydrogen-bond acceptors (Lipinski definition) is 2. The fourth-order valence-electron chi connectivity index (χ4n) is 2.89. The van der Waals surface area contributed by atoms with Crippen molar-refractivity contribution in [2.45, 2.75) is 32.9 Å². The molecule has 3 rings (SSSR count). The van der Waals surface area contributed by atoms with Gasteiger partial charge >= 0.3 is 0 Å². The van der Waals surface area contributed by atoms with E-state index in [4.69, 9.17) is 12.2 Å². The molecule has 0 aliphatic carbocycles. The minimum Gasteiger partial charge on any atom is -0.338 e. The summed E-state index contributed by atoms with van der Waals surface area (Å²) in [6.07, 6.45) is 0.887. The first kappa shape index (κ1) is 15.0. The van der Waals surface area contributed by atoms with Crippen molar-refractivity contribution in [1.29, 1.82) is 0 Å². The van der Waals surface area contributed by atoms with Crippen LogP contribution < -0.4 is 15.8 Å². The highest BCUT2D eigenvalue weighted by atomic mass is 32.1. The van der Waals surface area contributed by atoms with E-state index in [-0.39, 0.29) is 5.66 Å². The van der Waals surface area contributed by atoms with Crippen molar-refractivity contribution in [2.24, 2.45) is 0 Å². The molecule has 2 aromatic rings. The third-order valence-electron chi connectivity index (χ3n) is 4.44. The number of benzene rings is 2. The maximum atomic E-state index is 5.59. The van der Waals surface area contributed by atoms with Crippen LogP contribution in [0.25, 0.3) is 0 Å². The van der Waals surface area contributed by atoms with Gasteiger partial charge < -0.3 is 5.32 Å². The van der Waals surface area contributed by atoms with E-state index in [2.05, 4.69) is 74.0 Å². The first-order valence-electron chi connectivity index (χ1n) is 7.59. The molecule has 1 aliphatic rings. The summed E-state index contributed by atoms with van der Waals surface area (Å²) in [5.41, 5.74) is 8.02. The Labute approximate surface area is 137 Å². The molecule has 2 aromatic carbocycles. The zero-order chi connectivity index (χ0) is 15.7. The summed E-state index contributed by atoms with van der Waals surface area (Å²) in [4.78, 5) is 0. The van der Waals surface area contributed by atoms with Gasteiger partial charge in [-0.25, -0.2) is 5.01 Å². The Hall–Kier alpha value is -1.91. The molecule has 0 radical (unpaired) electrons. The van der Waals surface area contributed by atoms with Gasteiger partial charge in [0.1, 0.15) is 5.66 Å². The fourth-order valence-corrected chi connectivity index (χ4v) is 3.20. The number of anilines is 1. The van der Waals surface area contributed by atoms with E-state index < -0.39 is 0 Å². The zero-order valence-electron chi connectivity index (χ0n) is 13.2. The molecular formula is C18H21N3S. The number of aryl methyl sites for hydroxylation is 1. The Morgan fingerprint density at radius 2 is 1.77 bits per heavy atom. The Morgan fingerprint density at radius 3 is 2.45 bits per heavy atom. The minimum absolute atomic E-state index is 0.353. The predicted octanol–water partition coefficient (Wildman–Crippen LogP) is 3.77. The molecule has 0 amide bonds. The normalized spacial score (nSPS) is 21.0. The van der Waals surface area contributed by atoms with Gasteiger partial charge in [0.2, 0.25) is 0 Å². The standard InChI is InChI=1S/C18H21N3S/c1-4-18(15-10-6-5-7-11-15)19-17(22)21(20-18)16-12-8-9-13(2)14(16)3/h5-12,20H,4H2,1-3H3,(H,19,22)/t18-/m1/s1. The molecule has 0 saturated carbocycles. The van der Waals surface area contributed by atoms with Crippen LogP contribution in [0.2, 0.25) is 0 Å². The van der Waals surface area contributed by atoms with Crippen molar-refractivity contribution >= 4 is 23.0 Å². The summed E-state index contributed by atoms with van der Waals surface area (Å²) >= 11 is 5.59. The van der Waals surface area contributed by atoms with Crippen LogP contribution in [0.4, 0.5) is 5.69 Å². The van der Waals surface area contributed by atoms with Crippen molar-refractivity contribution in [3.63, 3.8) is 0 Å². The predicted molar refractivity (Wildman–Crippen MR) is 95.7 cm³/mol. The Balaban J connectivity index is 2.00. The van der Waals surface area contributed by atoms with Crippen LogP contribution >= 0.6 is 12.2 Å². The highest BCUT2D eigenvalue weighted by molar-refractivity contribution is 7.80. The van der Waals surface area contributed by atoms with Gasteiger partial charge in [-0.3, -0.25) is 0 Å². The molecule has 114 valence electrons. The van der Waals surface area contributed by atoms with Crippen molar-refractivity contribution in [1.82, 2.24) is 10.7 Å². The van der Waals surface area contributed by atoms with E-state index >= 15 is 0 Å². The summed E-state index contributed by atoms with van der Waals surface area (Å²) in [5.74, 6) is 0. The van der Waals surface area contributed by atoms with E-state index in [9.17, 15) is 0 Å². The van der Waals surface area contributed by atoms with Crippen LogP contribution in [-0.4, -0.2) is 5.11 Å². The average Bonchev–Trinajstić information content (AvgIpc) is 2.89. The minimum atomic E-state index is -0.353. The first-order valence-corrected chi connectivity index (χ1v) is 8.00. The lowest BCUT2D eigenvalue weighted by molar-refractivity contribution is 0.337. The SMILES string of the molecule is CC[C@@]1(c2ccccc2)NC(=S)N(c2cccc(C)c2C)N1. The van der Waals surface area contributed by atoms with Gasteiger partial charge in [-0.2, -0.15) is 5.43 Å². The van der Waals surface area contributed by atoms with Crippen LogP contribution in [0.3, 0.4) is 0 Å². The van der Waals surface area contributed by atoms with Crippen LogP contribution in [-0.2, 0) is 5.66 Å². The second kappa shape index (κ2) is 5.71. The van der Waals surface area contributed by atoms with Crippen LogP contribution in [0, 0.1) is 13.8 Å². The maximum absolute atomic E-state index is 5.59. The van der Waals surface area contributed by atoms with Crippen LogP contribution in [0.5, 0.6) is 0 Å². The molecule has 4 heteroatoms. The summed E-state index contributed by atoms with van der Waals surface area (Å²) in [6, 6.07) is 16.7. The van der Waals surface area contributed by atoms with Gasteiger partial charge in [0, 0.05) is 0 Å². The molecule has 1 atom stereocenters. The highest BCUT2D eigenvalue weighted by Gasteiger charge is 2.41. The van der Waals surface area contributed by atoms with Crippen molar-refractivity contribution in [2.75, 3.05) is 5.01 Å². The van der Waals surface area contributed by atoms with Gasteiger partial charge in [-0.15, -0.1) is 0 Å². The van der Waals surface area contributed by atoms with Crippen molar-refractivity contribution in [3.8, 4) is 0 Å². The lowest BCUT2D eigenvalue weighted by atomic mass is 9.98. The van der Waals surface area contributed by atoms with E-state index in [0.29, 0.717) is 5.11 Å².